The molecule has 2 N–H and O–H groups in total. The Bertz CT molecular complexity index is 899. The number of hydrogen-bond acceptors (Lipinski definition) is 6. The van der Waals surface area contributed by atoms with Crippen molar-refractivity contribution < 1.29 is 18.3 Å². The molecule has 0 bridgehead atoms. The van der Waals surface area contributed by atoms with Crippen LogP contribution in [0.25, 0.3) is 0 Å². The van der Waals surface area contributed by atoms with E-state index < -0.39 is 26.2 Å². The lowest BCUT2D eigenvalue weighted by atomic mass is 10.1. The molecule has 1 aliphatic carbocycles. The molecule has 1 aromatic carbocycles. The van der Waals surface area contributed by atoms with Crippen molar-refractivity contribution in [3.8, 4) is 5.88 Å². The largest absolute Gasteiger partial charge is 0.492 e. The molecule has 8 heteroatoms. The van der Waals surface area contributed by atoms with E-state index in [9.17, 15) is 18.3 Å². The summed E-state index contributed by atoms with van der Waals surface area (Å²) in [5.41, 5.74) is 0.167. The van der Waals surface area contributed by atoms with Gasteiger partial charge in [0.25, 0.3) is 5.56 Å². The Morgan fingerprint density at radius 2 is 1.96 bits per heavy atom. The highest BCUT2D eigenvalue weighted by Gasteiger charge is 2.28. The Kier molecular flexibility index (Phi) is 4.42. The summed E-state index contributed by atoms with van der Waals surface area (Å²) in [6, 6.07) is 6.39. The summed E-state index contributed by atoms with van der Waals surface area (Å²) in [5.74, 6) is -0.250. The number of H-pyrrole nitrogens is 1. The number of aromatic hydroxyl groups is 1. The van der Waals surface area contributed by atoms with E-state index in [2.05, 4.69) is 9.97 Å². The van der Waals surface area contributed by atoms with Gasteiger partial charge in [0, 0.05) is 6.61 Å². The Hall–Kier alpha value is -2.19. The lowest BCUT2D eigenvalue weighted by Gasteiger charge is -2.08. The molecule has 0 unspecified atom stereocenters. The van der Waals surface area contributed by atoms with Crippen molar-refractivity contribution in [2.24, 2.45) is 0 Å². The van der Waals surface area contributed by atoms with Gasteiger partial charge < -0.3 is 14.8 Å². The monoisotopic (exact) mass is 350 g/mol. The van der Waals surface area contributed by atoms with Crippen LogP contribution in [0, 0.1) is 0 Å². The molecule has 128 valence electrons. The summed E-state index contributed by atoms with van der Waals surface area (Å²) in [6.45, 7) is 2.15. The van der Waals surface area contributed by atoms with Crippen molar-refractivity contribution in [3.63, 3.8) is 0 Å². The Balaban J connectivity index is 1.98. The van der Waals surface area contributed by atoms with E-state index in [0.29, 0.717) is 12.5 Å². The average Bonchev–Trinajstić information content (AvgIpc) is 3.37. The van der Waals surface area contributed by atoms with E-state index >= 15 is 0 Å². The average molecular weight is 350 g/mol. The van der Waals surface area contributed by atoms with Crippen molar-refractivity contribution in [2.45, 2.75) is 42.1 Å². The summed E-state index contributed by atoms with van der Waals surface area (Å²) in [5, 5.41) is 9.96. The second-order valence-electron chi connectivity index (χ2n) is 5.65. The molecule has 1 aromatic heterocycles. The molecular weight excluding hydrogens is 332 g/mol. The lowest BCUT2D eigenvalue weighted by molar-refractivity contribution is 0.127. The zero-order valence-electron chi connectivity index (χ0n) is 13.2. The first-order valence-corrected chi connectivity index (χ1v) is 9.16. The zero-order valence-corrected chi connectivity index (χ0v) is 14.0. The number of rotatable bonds is 6. The summed E-state index contributed by atoms with van der Waals surface area (Å²) < 4.78 is 30.4. The second-order valence-corrected chi connectivity index (χ2v) is 7.54. The van der Waals surface area contributed by atoms with Gasteiger partial charge >= 0.3 is 0 Å². The zero-order chi connectivity index (χ0) is 17.3. The third-order valence-electron chi connectivity index (χ3n) is 3.86. The fraction of sp³-hybridized carbons (Fsp3) is 0.375. The molecule has 0 aliphatic heterocycles. The standard InChI is InChI=1S/C16H18N2O5S/c1-2-23-9-13-17-15(19)14(16(20)18-13)24(21,22)12-7-5-11(6-8-12)10-3-4-10/h5-8,10H,2-4,9H2,1H3,(H2,17,18,19,20). The maximum Gasteiger partial charge on any atom is 0.274 e. The predicted octanol–water partition coefficient (Wildman–Crippen LogP) is 1.72. The van der Waals surface area contributed by atoms with Gasteiger partial charge in [-0.2, -0.15) is 4.98 Å². The van der Waals surface area contributed by atoms with E-state index in [1.807, 2.05) is 0 Å². The van der Waals surface area contributed by atoms with Gasteiger partial charge in [-0.05, 0) is 43.4 Å². The first kappa shape index (κ1) is 16.7. The highest BCUT2D eigenvalue weighted by Crippen LogP contribution is 2.40. The fourth-order valence-corrected chi connectivity index (χ4v) is 3.77. The van der Waals surface area contributed by atoms with Gasteiger partial charge in [-0.1, -0.05) is 12.1 Å². The maximum atomic E-state index is 12.6. The number of aromatic nitrogens is 2. The van der Waals surface area contributed by atoms with Crippen molar-refractivity contribution in [1.29, 1.82) is 0 Å². The smallest absolute Gasteiger partial charge is 0.274 e. The highest BCUT2D eigenvalue weighted by molar-refractivity contribution is 7.91. The molecule has 2 aromatic rings. The van der Waals surface area contributed by atoms with Crippen molar-refractivity contribution in [3.05, 3.63) is 46.0 Å². The van der Waals surface area contributed by atoms with Crippen LogP contribution >= 0.6 is 0 Å². The van der Waals surface area contributed by atoms with Gasteiger partial charge in [0.2, 0.25) is 15.7 Å². The third-order valence-corrected chi connectivity index (χ3v) is 5.66. The second kappa shape index (κ2) is 6.37. The molecule has 1 fully saturated rings. The molecule has 0 atom stereocenters. The molecule has 3 rings (SSSR count). The SMILES string of the molecule is CCOCc1nc(O)c(S(=O)(=O)c2ccc(C3CC3)cc2)c(=O)[nH]1. The van der Waals surface area contributed by atoms with Gasteiger partial charge in [-0.25, -0.2) is 8.42 Å². The molecule has 0 radical (unpaired) electrons. The van der Waals surface area contributed by atoms with E-state index in [1.54, 1.807) is 19.1 Å². The van der Waals surface area contributed by atoms with E-state index in [-0.39, 0.29) is 17.3 Å². The van der Waals surface area contributed by atoms with Crippen molar-refractivity contribution in [2.75, 3.05) is 6.61 Å². The first-order chi connectivity index (χ1) is 11.4. The van der Waals surface area contributed by atoms with E-state index in [0.717, 1.165) is 18.4 Å². The van der Waals surface area contributed by atoms with Gasteiger partial charge in [0.1, 0.15) is 12.4 Å². The number of ether oxygens (including phenoxy) is 1. The van der Waals surface area contributed by atoms with Crippen LogP contribution < -0.4 is 5.56 Å². The first-order valence-electron chi connectivity index (χ1n) is 7.68. The van der Waals surface area contributed by atoms with E-state index in [1.165, 1.54) is 12.1 Å². The summed E-state index contributed by atoms with van der Waals surface area (Å²) in [6.07, 6.45) is 2.22. The number of sulfone groups is 1. The Morgan fingerprint density at radius 3 is 2.50 bits per heavy atom. The van der Waals surface area contributed by atoms with Gasteiger partial charge in [-0.3, -0.25) is 4.79 Å². The molecule has 0 spiro atoms. The topological polar surface area (TPSA) is 109 Å². The van der Waals surface area contributed by atoms with Crippen LogP contribution in [0.4, 0.5) is 0 Å². The van der Waals surface area contributed by atoms with Crippen molar-refractivity contribution >= 4 is 9.84 Å². The molecular formula is C16H18N2O5S. The van der Waals surface area contributed by atoms with Crippen LogP contribution in [-0.2, 0) is 21.2 Å². The summed E-state index contributed by atoms with van der Waals surface area (Å²) >= 11 is 0. The molecule has 0 amide bonds. The number of nitrogens with zero attached hydrogens (tertiary/aromatic N) is 1. The van der Waals surface area contributed by atoms with Gasteiger partial charge in [-0.15, -0.1) is 0 Å². The van der Waals surface area contributed by atoms with Crippen LogP contribution in [0.5, 0.6) is 5.88 Å². The van der Waals surface area contributed by atoms with Gasteiger partial charge in [0.05, 0.1) is 4.90 Å². The third kappa shape index (κ3) is 3.20. The molecule has 1 saturated carbocycles. The predicted molar refractivity (Wildman–Crippen MR) is 85.7 cm³/mol. The molecule has 0 saturated heterocycles. The van der Waals surface area contributed by atoms with Crippen molar-refractivity contribution in [1.82, 2.24) is 9.97 Å². The normalized spacial score (nSPS) is 14.7. The van der Waals surface area contributed by atoms with Crippen LogP contribution in [0.3, 0.4) is 0 Å². The maximum absolute atomic E-state index is 12.6. The molecule has 1 heterocycles. The number of nitrogens with one attached hydrogen (secondary N) is 1. The number of benzene rings is 1. The van der Waals surface area contributed by atoms with Crippen LogP contribution in [0.1, 0.15) is 37.1 Å². The lowest BCUT2D eigenvalue weighted by Crippen LogP contribution is -2.21. The van der Waals surface area contributed by atoms with Crippen LogP contribution in [0.15, 0.2) is 38.9 Å². The highest BCUT2D eigenvalue weighted by atomic mass is 32.2. The molecule has 1 aliphatic rings. The van der Waals surface area contributed by atoms with E-state index in [4.69, 9.17) is 4.74 Å². The van der Waals surface area contributed by atoms with Crippen LogP contribution in [-0.4, -0.2) is 30.1 Å². The Morgan fingerprint density at radius 1 is 1.29 bits per heavy atom. The molecule has 7 nitrogen and oxygen atoms in total. The quantitative estimate of drug-likeness (QED) is 0.821. The minimum absolute atomic E-state index is 0.0181. The summed E-state index contributed by atoms with van der Waals surface area (Å²) in [4.78, 5) is 17.4. The Labute approximate surface area is 139 Å². The molecule has 24 heavy (non-hydrogen) atoms. The minimum atomic E-state index is -4.16. The van der Waals surface area contributed by atoms with Gasteiger partial charge in [0.15, 0.2) is 4.90 Å². The number of hydrogen-bond donors (Lipinski definition) is 2. The minimum Gasteiger partial charge on any atom is -0.492 e. The fourth-order valence-electron chi connectivity index (χ4n) is 2.46. The number of aromatic amines is 1. The summed E-state index contributed by atoms with van der Waals surface area (Å²) in [7, 11) is -4.16. The van der Waals surface area contributed by atoms with Crippen LogP contribution in [0.2, 0.25) is 0 Å².